The fourth-order valence-electron chi connectivity index (χ4n) is 5.32. The highest BCUT2D eigenvalue weighted by atomic mass is 15.0. The summed E-state index contributed by atoms with van der Waals surface area (Å²) in [7, 11) is 0. The molecule has 0 unspecified atom stereocenters. The van der Waals surface area contributed by atoms with Crippen LogP contribution in [0.5, 0.6) is 0 Å². The Labute approximate surface area is 114 Å². The highest BCUT2D eigenvalue weighted by Gasteiger charge is 2.52. The monoisotopic (exact) mass is 258 g/mol. The van der Waals surface area contributed by atoms with Crippen molar-refractivity contribution in [2.45, 2.75) is 50.5 Å². The topological polar surface area (TPSA) is 77.8 Å². The van der Waals surface area contributed by atoms with Crippen LogP contribution in [0.25, 0.3) is 0 Å². The molecule has 5 rings (SSSR count). The zero-order chi connectivity index (χ0) is 13.0. The second-order valence-corrected chi connectivity index (χ2v) is 7.00. The molecular weight excluding hydrogens is 236 g/mol. The van der Waals surface area contributed by atoms with Gasteiger partial charge in [0.2, 0.25) is 5.95 Å². The molecule has 4 saturated carbocycles. The summed E-state index contributed by atoms with van der Waals surface area (Å²) in [5.41, 5.74) is 14.0. The number of nitrogens with zero attached hydrogens (tertiary/aromatic N) is 2. The molecule has 4 nitrogen and oxygen atoms in total. The van der Waals surface area contributed by atoms with Crippen LogP contribution in [0.15, 0.2) is 6.07 Å². The largest absolute Gasteiger partial charge is 0.368 e. The van der Waals surface area contributed by atoms with Gasteiger partial charge in [-0.05, 0) is 62.3 Å². The van der Waals surface area contributed by atoms with Gasteiger partial charge >= 0.3 is 0 Å². The van der Waals surface area contributed by atoms with Crippen molar-refractivity contribution in [3.63, 3.8) is 0 Å². The van der Waals surface area contributed by atoms with E-state index in [-0.39, 0.29) is 5.41 Å². The van der Waals surface area contributed by atoms with Gasteiger partial charge in [0.25, 0.3) is 0 Å². The Morgan fingerprint density at radius 1 is 1.05 bits per heavy atom. The predicted octanol–water partition coefficient (Wildman–Crippen LogP) is 1.99. The second kappa shape index (κ2) is 3.92. The molecule has 4 heteroatoms. The lowest BCUT2D eigenvalue weighted by molar-refractivity contribution is -0.00723. The summed E-state index contributed by atoms with van der Waals surface area (Å²) in [5.74, 6) is 3.16. The third-order valence-corrected chi connectivity index (χ3v) is 5.59. The average molecular weight is 258 g/mol. The van der Waals surface area contributed by atoms with Gasteiger partial charge in [0.15, 0.2) is 0 Å². The number of nitrogen functional groups attached to an aromatic ring is 1. The maximum Gasteiger partial charge on any atom is 0.220 e. The van der Waals surface area contributed by atoms with E-state index in [1.165, 1.54) is 44.2 Å². The molecule has 4 N–H and O–H groups in total. The minimum atomic E-state index is 0.287. The van der Waals surface area contributed by atoms with E-state index >= 15 is 0 Å². The van der Waals surface area contributed by atoms with Crippen LogP contribution in [0, 0.1) is 17.8 Å². The summed E-state index contributed by atoms with van der Waals surface area (Å²) in [6, 6.07) is 2.11. The number of aromatic nitrogens is 2. The molecule has 4 aliphatic carbocycles. The van der Waals surface area contributed by atoms with E-state index < -0.39 is 0 Å². The van der Waals surface area contributed by atoms with Crippen LogP contribution < -0.4 is 11.5 Å². The SMILES string of the molecule is NCc1cc(C23CC4CC(CC(C4)C2)C3)nc(N)n1. The molecule has 102 valence electrons. The van der Waals surface area contributed by atoms with E-state index in [2.05, 4.69) is 16.0 Å². The lowest BCUT2D eigenvalue weighted by Crippen LogP contribution is -2.49. The molecule has 4 bridgehead atoms. The summed E-state index contributed by atoms with van der Waals surface area (Å²) < 4.78 is 0. The molecule has 0 saturated heterocycles. The molecule has 4 aliphatic rings. The third kappa shape index (κ3) is 1.76. The quantitative estimate of drug-likeness (QED) is 0.850. The summed E-state index contributed by atoms with van der Waals surface area (Å²) in [6.45, 7) is 0.450. The highest BCUT2D eigenvalue weighted by Crippen LogP contribution is 2.60. The molecule has 19 heavy (non-hydrogen) atoms. The first-order valence-electron chi connectivity index (χ1n) is 7.51. The summed E-state index contributed by atoms with van der Waals surface area (Å²) in [4.78, 5) is 8.80. The van der Waals surface area contributed by atoms with Gasteiger partial charge in [-0.25, -0.2) is 9.97 Å². The van der Waals surface area contributed by atoms with Crippen LogP contribution in [0.3, 0.4) is 0 Å². The maximum atomic E-state index is 5.88. The number of rotatable bonds is 2. The fourth-order valence-corrected chi connectivity index (χ4v) is 5.32. The first-order valence-corrected chi connectivity index (χ1v) is 7.51. The lowest BCUT2D eigenvalue weighted by Gasteiger charge is -2.56. The maximum absolute atomic E-state index is 5.88. The van der Waals surface area contributed by atoms with Gasteiger partial charge < -0.3 is 11.5 Å². The van der Waals surface area contributed by atoms with Gasteiger partial charge in [0, 0.05) is 12.0 Å². The Morgan fingerprint density at radius 3 is 2.16 bits per heavy atom. The molecule has 0 radical (unpaired) electrons. The fraction of sp³-hybridized carbons (Fsp3) is 0.733. The van der Waals surface area contributed by atoms with E-state index in [0.29, 0.717) is 12.5 Å². The van der Waals surface area contributed by atoms with E-state index in [1.807, 2.05) is 0 Å². The van der Waals surface area contributed by atoms with Crippen molar-refractivity contribution in [3.05, 3.63) is 17.5 Å². The Bertz CT molecular complexity index is 476. The molecule has 0 amide bonds. The third-order valence-electron chi connectivity index (χ3n) is 5.59. The van der Waals surface area contributed by atoms with Gasteiger partial charge in [-0.2, -0.15) is 0 Å². The molecule has 0 aromatic carbocycles. The molecule has 4 fully saturated rings. The molecule has 0 aliphatic heterocycles. The Kier molecular flexibility index (Phi) is 2.40. The summed E-state index contributed by atoms with van der Waals surface area (Å²) in [6.07, 6.45) is 8.26. The normalized spacial score (nSPS) is 39.7. The molecule has 0 atom stereocenters. The van der Waals surface area contributed by atoms with Gasteiger partial charge in [-0.1, -0.05) is 0 Å². The Morgan fingerprint density at radius 2 is 1.63 bits per heavy atom. The van der Waals surface area contributed by atoms with Gasteiger partial charge in [0.05, 0.1) is 11.4 Å². The number of nitrogens with two attached hydrogens (primary N) is 2. The molecule has 1 aromatic rings. The second-order valence-electron chi connectivity index (χ2n) is 7.00. The zero-order valence-corrected chi connectivity index (χ0v) is 11.3. The van der Waals surface area contributed by atoms with Crippen LogP contribution >= 0.6 is 0 Å². The van der Waals surface area contributed by atoms with Crippen molar-refractivity contribution in [1.82, 2.24) is 9.97 Å². The number of hydrogen-bond donors (Lipinski definition) is 2. The first kappa shape index (κ1) is 11.6. The Hall–Kier alpha value is -1.16. The van der Waals surface area contributed by atoms with E-state index in [9.17, 15) is 0 Å². The van der Waals surface area contributed by atoms with Crippen molar-refractivity contribution in [1.29, 1.82) is 0 Å². The molecular formula is C15H22N4. The van der Waals surface area contributed by atoms with Crippen LogP contribution in [-0.2, 0) is 12.0 Å². The smallest absolute Gasteiger partial charge is 0.220 e. The van der Waals surface area contributed by atoms with E-state index in [1.54, 1.807) is 0 Å². The number of hydrogen-bond acceptors (Lipinski definition) is 4. The average Bonchev–Trinajstić information content (AvgIpc) is 2.36. The minimum Gasteiger partial charge on any atom is -0.368 e. The van der Waals surface area contributed by atoms with Gasteiger partial charge in [0.1, 0.15) is 0 Å². The molecule has 1 heterocycles. The number of anilines is 1. The molecule has 1 aromatic heterocycles. The van der Waals surface area contributed by atoms with Crippen LogP contribution in [0.2, 0.25) is 0 Å². The predicted molar refractivity (Wildman–Crippen MR) is 74.2 cm³/mol. The van der Waals surface area contributed by atoms with Crippen molar-refractivity contribution < 1.29 is 0 Å². The Balaban J connectivity index is 1.77. The van der Waals surface area contributed by atoms with Crippen molar-refractivity contribution in [2.24, 2.45) is 23.5 Å². The van der Waals surface area contributed by atoms with Crippen molar-refractivity contribution in [2.75, 3.05) is 5.73 Å². The van der Waals surface area contributed by atoms with E-state index in [0.717, 1.165) is 23.4 Å². The first-order chi connectivity index (χ1) is 9.17. The zero-order valence-electron chi connectivity index (χ0n) is 11.3. The minimum absolute atomic E-state index is 0.287. The van der Waals surface area contributed by atoms with Crippen molar-refractivity contribution in [3.8, 4) is 0 Å². The lowest BCUT2D eigenvalue weighted by atomic mass is 9.49. The van der Waals surface area contributed by atoms with Crippen LogP contribution in [0.4, 0.5) is 5.95 Å². The summed E-state index contributed by atoms with van der Waals surface area (Å²) in [5, 5.41) is 0. The van der Waals surface area contributed by atoms with Crippen molar-refractivity contribution >= 4 is 5.95 Å². The standard InChI is InChI=1S/C15H22N4/c16-8-12-4-13(19-14(17)18-12)15-5-9-1-10(6-15)3-11(2-9)7-15/h4,9-11H,1-3,5-8,16H2,(H2,17,18,19). The van der Waals surface area contributed by atoms with Gasteiger partial charge in [-0.3, -0.25) is 0 Å². The summed E-state index contributed by atoms with van der Waals surface area (Å²) >= 11 is 0. The highest BCUT2D eigenvalue weighted by molar-refractivity contribution is 5.30. The molecule has 0 spiro atoms. The van der Waals surface area contributed by atoms with Gasteiger partial charge in [-0.15, -0.1) is 0 Å². The van der Waals surface area contributed by atoms with Crippen LogP contribution in [-0.4, -0.2) is 9.97 Å². The van der Waals surface area contributed by atoms with Crippen LogP contribution in [0.1, 0.15) is 49.9 Å². The van der Waals surface area contributed by atoms with E-state index in [4.69, 9.17) is 11.5 Å².